The van der Waals surface area contributed by atoms with Gasteiger partial charge in [0.25, 0.3) is 5.91 Å². The van der Waals surface area contributed by atoms with Gasteiger partial charge in [0, 0.05) is 24.7 Å². The number of amides is 2. The highest BCUT2D eigenvalue weighted by atomic mass is 16.2. The van der Waals surface area contributed by atoms with Crippen LogP contribution in [0.5, 0.6) is 0 Å². The molecule has 2 aromatic rings. The second-order valence-corrected chi connectivity index (χ2v) is 4.72. The number of aryl methyl sites for hydroxylation is 1. The summed E-state index contributed by atoms with van der Waals surface area (Å²) in [4.78, 5) is 27.1. The van der Waals surface area contributed by atoms with Gasteiger partial charge in [0.1, 0.15) is 5.82 Å². The first-order chi connectivity index (χ1) is 10.0. The number of benzene rings is 1. The van der Waals surface area contributed by atoms with Gasteiger partial charge in [-0.3, -0.25) is 9.59 Å². The van der Waals surface area contributed by atoms with Crippen LogP contribution in [0.15, 0.2) is 42.5 Å². The van der Waals surface area contributed by atoms with Crippen LogP contribution in [0.25, 0.3) is 0 Å². The molecule has 2 N–H and O–H groups in total. The Morgan fingerprint density at radius 2 is 1.81 bits per heavy atom. The van der Waals surface area contributed by atoms with E-state index in [2.05, 4.69) is 15.6 Å². The molecule has 0 radical (unpaired) electrons. The van der Waals surface area contributed by atoms with Crippen molar-refractivity contribution in [3.05, 3.63) is 59.3 Å². The highest BCUT2D eigenvalue weighted by molar-refractivity contribution is 6.03. The maximum absolute atomic E-state index is 12.1. The van der Waals surface area contributed by atoms with E-state index >= 15 is 0 Å². The Morgan fingerprint density at radius 1 is 1.10 bits per heavy atom. The fourth-order valence-electron chi connectivity index (χ4n) is 1.80. The Balaban J connectivity index is 2.01. The van der Waals surface area contributed by atoms with E-state index in [4.69, 9.17) is 0 Å². The van der Waals surface area contributed by atoms with Gasteiger partial charge >= 0.3 is 0 Å². The molecule has 0 unspecified atom stereocenters. The molecule has 1 heterocycles. The quantitative estimate of drug-likeness (QED) is 0.904. The van der Waals surface area contributed by atoms with E-state index in [0.717, 1.165) is 11.3 Å². The van der Waals surface area contributed by atoms with Crippen LogP contribution < -0.4 is 10.6 Å². The van der Waals surface area contributed by atoms with Gasteiger partial charge in [-0.05, 0) is 36.8 Å². The Labute approximate surface area is 123 Å². The molecule has 2 amide bonds. The lowest BCUT2D eigenvalue weighted by Crippen LogP contribution is -2.19. The number of hydrogen-bond donors (Lipinski definition) is 2. The smallest absolute Gasteiger partial charge is 0.256 e. The SMILES string of the molecule is CC(=O)NCc1ccc(C(=O)Nc2cccc(C)n2)cc1. The summed E-state index contributed by atoms with van der Waals surface area (Å²) in [5, 5.41) is 5.46. The van der Waals surface area contributed by atoms with Crippen LogP contribution in [0.1, 0.15) is 28.5 Å². The fourth-order valence-corrected chi connectivity index (χ4v) is 1.80. The molecular weight excluding hydrogens is 266 g/mol. The van der Waals surface area contributed by atoms with Crippen molar-refractivity contribution in [1.82, 2.24) is 10.3 Å². The third-order valence-electron chi connectivity index (χ3n) is 2.89. The minimum Gasteiger partial charge on any atom is -0.352 e. The first-order valence-corrected chi connectivity index (χ1v) is 6.63. The van der Waals surface area contributed by atoms with Crippen molar-refractivity contribution in [3.8, 4) is 0 Å². The van der Waals surface area contributed by atoms with Crippen molar-refractivity contribution in [2.75, 3.05) is 5.32 Å². The summed E-state index contributed by atoms with van der Waals surface area (Å²) in [6.45, 7) is 3.79. The summed E-state index contributed by atoms with van der Waals surface area (Å²) in [6.07, 6.45) is 0. The Hall–Kier alpha value is -2.69. The van der Waals surface area contributed by atoms with Crippen molar-refractivity contribution in [3.63, 3.8) is 0 Å². The molecule has 0 aliphatic heterocycles. The largest absolute Gasteiger partial charge is 0.352 e. The molecule has 0 fully saturated rings. The van der Waals surface area contributed by atoms with Crippen molar-refractivity contribution < 1.29 is 9.59 Å². The number of carbonyl (C=O) groups is 2. The van der Waals surface area contributed by atoms with Gasteiger partial charge in [-0.15, -0.1) is 0 Å². The highest BCUT2D eigenvalue weighted by Crippen LogP contribution is 2.09. The van der Waals surface area contributed by atoms with Gasteiger partial charge in [-0.1, -0.05) is 18.2 Å². The molecule has 0 atom stereocenters. The lowest BCUT2D eigenvalue weighted by atomic mass is 10.1. The Morgan fingerprint density at radius 3 is 2.43 bits per heavy atom. The second-order valence-electron chi connectivity index (χ2n) is 4.72. The monoisotopic (exact) mass is 283 g/mol. The summed E-state index contributed by atoms with van der Waals surface area (Å²) in [6, 6.07) is 12.5. The average molecular weight is 283 g/mol. The first-order valence-electron chi connectivity index (χ1n) is 6.63. The van der Waals surface area contributed by atoms with Crippen molar-refractivity contribution in [2.45, 2.75) is 20.4 Å². The summed E-state index contributed by atoms with van der Waals surface area (Å²) >= 11 is 0. The van der Waals surface area contributed by atoms with E-state index < -0.39 is 0 Å². The van der Waals surface area contributed by atoms with Gasteiger partial charge in [0.2, 0.25) is 5.91 Å². The van der Waals surface area contributed by atoms with Crippen LogP contribution >= 0.6 is 0 Å². The molecule has 0 aliphatic rings. The van der Waals surface area contributed by atoms with Gasteiger partial charge < -0.3 is 10.6 Å². The third-order valence-corrected chi connectivity index (χ3v) is 2.89. The van der Waals surface area contributed by atoms with Gasteiger partial charge in [0.05, 0.1) is 0 Å². The Bertz CT molecular complexity index is 651. The first kappa shape index (κ1) is 14.7. The Kier molecular flexibility index (Phi) is 4.66. The normalized spacial score (nSPS) is 10.0. The zero-order valence-corrected chi connectivity index (χ0v) is 12.0. The van der Waals surface area contributed by atoms with Crippen LogP contribution in [-0.4, -0.2) is 16.8 Å². The van der Waals surface area contributed by atoms with E-state index in [9.17, 15) is 9.59 Å². The molecule has 1 aromatic carbocycles. The molecule has 1 aromatic heterocycles. The fraction of sp³-hybridized carbons (Fsp3) is 0.188. The maximum atomic E-state index is 12.1. The average Bonchev–Trinajstić information content (AvgIpc) is 2.45. The molecule has 5 nitrogen and oxygen atoms in total. The zero-order valence-electron chi connectivity index (χ0n) is 12.0. The molecule has 21 heavy (non-hydrogen) atoms. The molecule has 2 rings (SSSR count). The van der Waals surface area contributed by atoms with E-state index in [0.29, 0.717) is 17.9 Å². The van der Waals surface area contributed by atoms with E-state index in [1.165, 1.54) is 6.92 Å². The minimum absolute atomic E-state index is 0.0812. The standard InChI is InChI=1S/C16H17N3O2/c1-11-4-3-5-15(18-11)19-16(21)14-8-6-13(7-9-14)10-17-12(2)20/h3-9H,10H2,1-2H3,(H,17,20)(H,18,19,21). The van der Waals surface area contributed by atoms with Gasteiger partial charge in [-0.25, -0.2) is 4.98 Å². The molecule has 0 bridgehead atoms. The predicted octanol–water partition coefficient (Wildman–Crippen LogP) is 2.28. The molecule has 5 heteroatoms. The van der Waals surface area contributed by atoms with Crippen LogP contribution in [-0.2, 0) is 11.3 Å². The van der Waals surface area contributed by atoms with Crippen LogP contribution in [0.2, 0.25) is 0 Å². The number of carbonyl (C=O) groups excluding carboxylic acids is 2. The number of pyridine rings is 1. The number of hydrogen-bond acceptors (Lipinski definition) is 3. The van der Waals surface area contributed by atoms with Crippen LogP contribution in [0.4, 0.5) is 5.82 Å². The number of nitrogens with one attached hydrogen (secondary N) is 2. The predicted molar refractivity (Wildman–Crippen MR) is 80.9 cm³/mol. The number of aromatic nitrogens is 1. The lowest BCUT2D eigenvalue weighted by molar-refractivity contribution is -0.119. The van der Waals surface area contributed by atoms with Gasteiger partial charge in [0.15, 0.2) is 0 Å². The maximum Gasteiger partial charge on any atom is 0.256 e. The van der Waals surface area contributed by atoms with Crippen molar-refractivity contribution >= 4 is 17.6 Å². The second kappa shape index (κ2) is 6.65. The van der Waals surface area contributed by atoms with Crippen LogP contribution in [0.3, 0.4) is 0 Å². The molecular formula is C16H17N3O2. The zero-order chi connectivity index (χ0) is 15.2. The van der Waals surface area contributed by atoms with E-state index in [1.54, 1.807) is 18.2 Å². The number of rotatable bonds is 4. The topological polar surface area (TPSA) is 71.1 Å². The third kappa shape index (κ3) is 4.42. The molecule has 0 aliphatic carbocycles. The molecule has 0 spiro atoms. The summed E-state index contributed by atoms with van der Waals surface area (Å²) < 4.78 is 0. The van der Waals surface area contributed by atoms with E-state index in [-0.39, 0.29) is 11.8 Å². The highest BCUT2D eigenvalue weighted by Gasteiger charge is 2.07. The number of anilines is 1. The summed E-state index contributed by atoms with van der Waals surface area (Å²) in [7, 11) is 0. The molecule has 0 saturated carbocycles. The van der Waals surface area contributed by atoms with E-state index in [1.807, 2.05) is 31.2 Å². The van der Waals surface area contributed by atoms with Crippen molar-refractivity contribution in [1.29, 1.82) is 0 Å². The lowest BCUT2D eigenvalue weighted by Gasteiger charge is -2.06. The van der Waals surface area contributed by atoms with Crippen LogP contribution in [0, 0.1) is 6.92 Å². The number of nitrogens with zero attached hydrogens (tertiary/aromatic N) is 1. The van der Waals surface area contributed by atoms with Gasteiger partial charge in [-0.2, -0.15) is 0 Å². The molecule has 0 saturated heterocycles. The molecule has 108 valence electrons. The minimum atomic E-state index is -0.209. The summed E-state index contributed by atoms with van der Waals surface area (Å²) in [5.41, 5.74) is 2.33. The van der Waals surface area contributed by atoms with Crippen molar-refractivity contribution in [2.24, 2.45) is 0 Å². The summed E-state index contributed by atoms with van der Waals surface area (Å²) in [5.74, 6) is 0.240.